The molecule has 3 heteroatoms. The van der Waals surface area contributed by atoms with Crippen LogP contribution in [0.15, 0.2) is 29.6 Å². The molecule has 2 rings (SSSR count). The van der Waals surface area contributed by atoms with E-state index in [4.69, 9.17) is 17.3 Å². The van der Waals surface area contributed by atoms with Gasteiger partial charge in [-0.1, -0.05) is 29.8 Å². The van der Waals surface area contributed by atoms with Gasteiger partial charge in [-0.2, -0.15) is 0 Å². The van der Waals surface area contributed by atoms with Gasteiger partial charge in [-0.3, -0.25) is 0 Å². The summed E-state index contributed by atoms with van der Waals surface area (Å²) < 4.78 is 0. The summed E-state index contributed by atoms with van der Waals surface area (Å²) in [5, 5.41) is 2.74. The zero-order valence-electron chi connectivity index (χ0n) is 9.33. The first-order valence-electron chi connectivity index (χ1n) is 5.16. The Morgan fingerprint density at radius 1 is 1.25 bits per heavy atom. The highest BCUT2D eigenvalue weighted by Gasteiger charge is 2.16. The minimum atomic E-state index is -0.118. The normalized spacial score (nSPS) is 12.8. The zero-order valence-corrected chi connectivity index (χ0v) is 10.9. The highest BCUT2D eigenvalue weighted by molar-refractivity contribution is 7.10. The molecule has 1 aromatic carbocycles. The van der Waals surface area contributed by atoms with Crippen LogP contribution >= 0.6 is 22.9 Å². The Labute approximate surface area is 105 Å². The van der Waals surface area contributed by atoms with Crippen molar-refractivity contribution in [2.75, 3.05) is 0 Å². The molecule has 0 amide bonds. The average molecular weight is 252 g/mol. The van der Waals surface area contributed by atoms with Crippen molar-refractivity contribution in [3.05, 3.63) is 56.2 Å². The quantitative estimate of drug-likeness (QED) is 0.856. The van der Waals surface area contributed by atoms with Gasteiger partial charge in [-0.05, 0) is 42.0 Å². The molecule has 0 bridgehead atoms. The SMILES string of the molecule is Cc1cccc(C(N)c2sccc2Cl)c1C. The predicted octanol–water partition coefficient (Wildman–Crippen LogP) is 4.07. The Hall–Kier alpha value is -0.830. The smallest absolute Gasteiger partial charge is 0.0663 e. The maximum atomic E-state index is 6.26. The molecule has 2 aromatic rings. The van der Waals surface area contributed by atoms with E-state index in [0.29, 0.717) is 0 Å². The molecule has 1 atom stereocenters. The Bertz CT molecular complexity index is 504. The lowest BCUT2D eigenvalue weighted by Crippen LogP contribution is -2.12. The molecule has 2 N–H and O–H groups in total. The number of nitrogens with two attached hydrogens (primary N) is 1. The third-order valence-corrected chi connectivity index (χ3v) is 4.35. The van der Waals surface area contributed by atoms with E-state index in [1.54, 1.807) is 11.3 Å². The van der Waals surface area contributed by atoms with Crippen LogP contribution in [0.25, 0.3) is 0 Å². The van der Waals surface area contributed by atoms with Crippen molar-refractivity contribution in [2.45, 2.75) is 19.9 Å². The van der Waals surface area contributed by atoms with Crippen molar-refractivity contribution in [1.82, 2.24) is 0 Å². The Kier molecular flexibility index (Phi) is 3.33. The summed E-state index contributed by atoms with van der Waals surface area (Å²) in [6, 6.07) is 7.99. The third kappa shape index (κ3) is 2.01. The van der Waals surface area contributed by atoms with Crippen molar-refractivity contribution in [3.8, 4) is 0 Å². The van der Waals surface area contributed by atoms with Crippen LogP contribution < -0.4 is 5.73 Å². The van der Waals surface area contributed by atoms with Crippen LogP contribution in [0, 0.1) is 13.8 Å². The van der Waals surface area contributed by atoms with E-state index in [0.717, 1.165) is 15.5 Å². The maximum Gasteiger partial charge on any atom is 0.0663 e. The van der Waals surface area contributed by atoms with Gasteiger partial charge in [-0.25, -0.2) is 0 Å². The lowest BCUT2D eigenvalue weighted by atomic mass is 9.97. The second-order valence-corrected chi connectivity index (χ2v) is 5.25. The number of benzene rings is 1. The second-order valence-electron chi connectivity index (χ2n) is 3.90. The van der Waals surface area contributed by atoms with Crippen LogP contribution in [0.2, 0.25) is 5.02 Å². The molecule has 0 aliphatic carbocycles. The molecule has 1 aromatic heterocycles. The second kappa shape index (κ2) is 4.58. The van der Waals surface area contributed by atoms with E-state index >= 15 is 0 Å². The van der Waals surface area contributed by atoms with E-state index in [9.17, 15) is 0 Å². The van der Waals surface area contributed by atoms with Crippen LogP contribution in [0.3, 0.4) is 0 Å². The number of thiophene rings is 1. The third-order valence-electron chi connectivity index (χ3n) is 2.91. The van der Waals surface area contributed by atoms with Gasteiger partial charge in [0.05, 0.1) is 11.1 Å². The van der Waals surface area contributed by atoms with Crippen molar-refractivity contribution in [3.63, 3.8) is 0 Å². The molecular formula is C13H14ClNS. The Balaban J connectivity index is 2.46. The highest BCUT2D eigenvalue weighted by atomic mass is 35.5. The summed E-state index contributed by atoms with van der Waals surface area (Å²) in [6.07, 6.45) is 0. The molecule has 1 unspecified atom stereocenters. The fourth-order valence-electron chi connectivity index (χ4n) is 1.78. The van der Waals surface area contributed by atoms with Crippen LogP contribution in [0.1, 0.15) is 27.6 Å². The molecule has 0 radical (unpaired) electrons. The van der Waals surface area contributed by atoms with Crippen molar-refractivity contribution in [2.24, 2.45) is 5.73 Å². The first kappa shape index (κ1) is 11.6. The topological polar surface area (TPSA) is 26.0 Å². The number of halogens is 1. The lowest BCUT2D eigenvalue weighted by molar-refractivity contribution is 0.879. The van der Waals surface area contributed by atoms with Crippen LogP contribution in [0.4, 0.5) is 0 Å². The summed E-state index contributed by atoms with van der Waals surface area (Å²) in [7, 11) is 0. The van der Waals surface area contributed by atoms with Crippen molar-refractivity contribution >= 4 is 22.9 Å². The summed E-state index contributed by atoms with van der Waals surface area (Å²) in [5.74, 6) is 0. The van der Waals surface area contributed by atoms with Gasteiger partial charge in [0.25, 0.3) is 0 Å². The van der Waals surface area contributed by atoms with Gasteiger partial charge >= 0.3 is 0 Å². The average Bonchev–Trinajstić information content (AvgIpc) is 2.68. The molecule has 84 valence electrons. The summed E-state index contributed by atoms with van der Waals surface area (Å²) in [5.41, 5.74) is 9.93. The van der Waals surface area contributed by atoms with Gasteiger partial charge in [0, 0.05) is 4.88 Å². The molecule has 1 nitrogen and oxygen atoms in total. The molecule has 0 fully saturated rings. The molecule has 0 saturated heterocycles. The van der Waals surface area contributed by atoms with E-state index in [-0.39, 0.29) is 6.04 Å². The summed E-state index contributed by atoms with van der Waals surface area (Å²) >= 11 is 7.72. The van der Waals surface area contributed by atoms with Crippen molar-refractivity contribution in [1.29, 1.82) is 0 Å². The van der Waals surface area contributed by atoms with Gasteiger partial charge < -0.3 is 5.73 Å². The number of aryl methyl sites for hydroxylation is 1. The van der Waals surface area contributed by atoms with E-state index in [2.05, 4.69) is 26.0 Å². The molecule has 16 heavy (non-hydrogen) atoms. The largest absolute Gasteiger partial charge is 0.320 e. The van der Waals surface area contributed by atoms with Crippen LogP contribution in [-0.4, -0.2) is 0 Å². The number of rotatable bonds is 2. The molecule has 1 heterocycles. The van der Waals surface area contributed by atoms with E-state index in [1.807, 2.05) is 17.5 Å². The minimum absolute atomic E-state index is 0.118. The molecule has 0 aliphatic heterocycles. The first-order valence-corrected chi connectivity index (χ1v) is 6.41. The monoisotopic (exact) mass is 251 g/mol. The summed E-state index contributed by atoms with van der Waals surface area (Å²) in [6.45, 7) is 4.20. The van der Waals surface area contributed by atoms with E-state index < -0.39 is 0 Å². The van der Waals surface area contributed by atoms with Crippen LogP contribution in [0.5, 0.6) is 0 Å². The maximum absolute atomic E-state index is 6.26. The fraction of sp³-hybridized carbons (Fsp3) is 0.231. The molecule has 0 saturated carbocycles. The Morgan fingerprint density at radius 3 is 2.62 bits per heavy atom. The molecular weight excluding hydrogens is 238 g/mol. The number of hydrogen-bond acceptors (Lipinski definition) is 2. The standard InChI is InChI=1S/C13H14ClNS/c1-8-4-3-5-10(9(8)2)12(15)13-11(14)6-7-16-13/h3-7,12H,15H2,1-2H3. The lowest BCUT2D eigenvalue weighted by Gasteiger charge is -2.15. The van der Waals surface area contributed by atoms with Crippen LogP contribution in [-0.2, 0) is 0 Å². The highest BCUT2D eigenvalue weighted by Crippen LogP contribution is 2.32. The zero-order chi connectivity index (χ0) is 11.7. The molecule has 0 spiro atoms. The molecule has 0 aliphatic rings. The minimum Gasteiger partial charge on any atom is -0.320 e. The first-order chi connectivity index (χ1) is 7.61. The number of hydrogen-bond donors (Lipinski definition) is 1. The van der Waals surface area contributed by atoms with Gasteiger partial charge in [0.2, 0.25) is 0 Å². The fourth-order valence-corrected chi connectivity index (χ4v) is 2.97. The predicted molar refractivity (Wildman–Crippen MR) is 71.3 cm³/mol. The van der Waals surface area contributed by atoms with Gasteiger partial charge in [0.1, 0.15) is 0 Å². The van der Waals surface area contributed by atoms with E-state index in [1.165, 1.54) is 11.1 Å². The van der Waals surface area contributed by atoms with Gasteiger partial charge in [-0.15, -0.1) is 11.3 Å². The summed E-state index contributed by atoms with van der Waals surface area (Å²) in [4.78, 5) is 1.04. The van der Waals surface area contributed by atoms with Crippen molar-refractivity contribution < 1.29 is 0 Å². The van der Waals surface area contributed by atoms with Gasteiger partial charge in [0.15, 0.2) is 0 Å². The Morgan fingerprint density at radius 2 is 2.00 bits per heavy atom.